The normalized spacial score (nSPS) is 9.55. The van der Waals surface area contributed by atoms with E-state index >= 15 is 0 Å². The van der Waals surface area contributed by atoms with Crippen LogP contribution in [0.1, 0.15) is 12.0 Å². The maximum Gasteiger partial charge on any atom is 0.243 e. The quantitative estimate of drug-likeness (QED) is 0.721. The molecule has 0 aliphatic heterocycles. The molecule has 5 nitrogen and oxygen atoms in total. The van der Waals surface area contributed by atoms with Crippen LogP contribution in [0.15, 0.2) is 22.7 Å². The number of hydrogen-bond acceptors (Lipinski definition) is 3. The molecule has 0 heterocycles. The third-order valence-corrected chi connectivity index (χ3v) is 3.38. The van der Waals surface area contributed by atoms with Crippen LogP contribution in [0.25, 0.3) is 0 Å². The van der Waals surface area contributed by atoms with Crippen LogP contribution in [0.2, 0.25) is 0 Å². The smallest absolute Gasteiger partial charge is 0.243 e. The van der Waals surface area contributed by atoms with Gasteiger partial charge in [0.1, 0.15) is 0 Å². The van der Waals surface area contributed by atoms with E-state index in [1.165, 1.54) is 0 Å². The molecule has 0 spiro atoms. The van der Waals surface area contributed by atoms with E-state index < -0.39 is 0 Å². The van der Waals surface area contributed by atoms with Gasteiger partial charge in [-0.1, -0.05) is 15.9 Å². The van der Waals surface area contributed by atoms with E-state index in [4.69, 9.17) is 0 Å². The molecule has 0 fully saturated rings. The Morgan fingerprint density at radius 2 is 1.95 bits per heavy atom. The Bertz CT molecular complexity index is 469. The highest BCUT2D eigenvalue weighted by atomic mass is 79.9. The van der Waals surface area contributed by atoms with Gasteiger partial charge in [0.05, 0.1) is 6.54 Å². The number of anilines is 1. The van der Waals surface area contributed by atoms with E-state index in [2.05, 4.69) is 31.9 Å². The molecule has 0 atom stereocenters. The number of halogens is 2. The van der Waals surface area contributed by atoms with Gasteiger partial charge in [0.15, 0.2) is 0 Å². The SMILES string of the molecule is CNCCC(=O)NCC(=O)Nc1ccc(Br)c(C)c1.Cl. The lowest BCUT2D eigenvalue weighted by Gasteiger charge is -2.08. The number of nitrogens with one attached hydrogen (secondary N) is 3. The third kappa shape index (κ3) is 6.88. The van der Waals surface area contributed by atoms with Gasteiger partial charge in [-0.25, -0.2) is 0 Å². The fourth-order valence-corrected chi connectivity index (χ4v) is 1.68. The van der Waals surface area contributed by atoms with Crippen molar-refractivity contribution in [3.05, 3.63) is 28.2 Å². The van der Waals surface area contributed by atoms with Crippen molar-refractivity contribution < 1.29 is 9.59 Å². The highest BCUT2D eigenvalue weighted by Crippen LogP contribution is 2.19. The average Bonchev–Trinajstić information content (AvgIpc) is 2.38. The standard InChI is InChI=1S/C13H18BrN3O2.ClH/c1-9-7-10(3-4-11(9)14)17-13(19)8-16-12(18)5-6-15-2;/h3-4,7,15H,5-6,8H2,1-2H3,(H,16,18)(H,17,19);1H. The third-order valence-electron chi connectivity index (χ3n) is 2.49. The van der Waals surface area contributed by atoms with Gasteiger partial charge in [0, 0.05) is 23.1 Å². The summed E-state index contributed by atoms with van der Waals surface area (Å²) in [7, 11) is 1.77. The molecular weight excluding hydrogens is 346 g/mol. The number of rotatable bonds is 6. The monoisotopic (exact) mass is 363 g/mol. The molecule has 0 aromatic heterocycles. The van der Waals surface area contributed by atoms with Crippen molar-refractivity contribution in [3.63, 3.8) is 0 Å². The molecule has 112 valence electrons. The largest absolute Gasteiger partial charge is 0.347 e. The van der Waals surface area contributed by atoms with E-state index in [0.717, 1.165) is 15.7 Å². The summed E-state index contributed by atoms with van der Waals surface area (Å²) in [6.45, 7) is 2.52. The molecule has 0 aliphatic carbocycles. The van der Waals surface area contributed by atoms with Crippen molar-refractivity contribution in [2.45, 2.75) is 13.3 Å². The lowest BCUT2D eigenvalue weighted by atomic mass is 10.2. The fourth-order valence-electron chi connectivity index (χ4n) is 1.43. The maximum absolute atomic E-state index is 11.6. The summed E-state index contributed by atoms with van der Waals surface area (Å²) in [5, 5.41) is 8.17. The molecule has 0 radical (unpaired) electrons. The van der Waals surface area contributed by atoms with Gasteiger partial charge in [0.25, 0.3) is 0 Å². The molecular formula is C13H19BrClN3O2. The van der Waals surface area contributed by atoms with Gasteiger partial charge < -0.3 is 16.0 Å². The van der Waals surface area contributed by atoms with Gasteiger partial charge >= 0.3 is 0 Å². The molecule has 7 heteroatoms. The predicted molar refractivity (Wildman–Crippen MR) is 86.3 cm³/mol. The molecule has 20 heavy (non-hydrogen) atoms. The first kappa shape index (κ1) is 18.9. The lowest BCUT2D eigenvalue weighted by Crippen LogP contribution is -2.34. The summed E-state index contributed by atoms with van der Waals surface area (Å²) in [6, 6.07) is 5.54. The first-order chi connectivity index (χ1) is 9.02. The van der Waals surface area contributed by atoms with E-state index in [-0.39, 0.29) is 30.8 Å². The second-order valence-corrected chi connectivity index (χ2v) is 5.00. The number of amides is 2. The van der Waals surface area contributed by atoms with E-state index in [9.17, 15) is 9.59 Å². The number of aryl methyl sites for hydroxylation is 1. The molecule has 2 amide bonds. The van der Waals surface area contributed by atoms with Crippen LogP contribution in [-0.4, -0.2) is 32.0 Å². The molecule has 1 aromatic carbocycles. The Morgan fingerprint density at radius 1 is 1.25 bits per heavy atom. The highest BCUT2D eigenvalue weighted by molar-refractivity contribution is 9.10. The zero-order valence-corrected chi connectivity index (χ0v) is 13.9. The molecule has 0 unspecified atom stereocenters. The first-order valence-corrected chi connectivity index (χ1v) is 6.79. The number of carbonyl (C=O) groups excluding carboxylic acids is 2. The van der Waals surface area contributed by atoms with Gasteiger partial charge in [-0.3, -0.25) is 9.59 Å². The summed E-state index contributed by atoms with van der Waals surface area (Å²) < 4.78 is 0.992. The second-order valence-electron chi connectivity index (χ2n) is 4.14. The minimum Gasteiger partial charge on any atom is -0.347 e. The number of benzene rings is 1. The Hall–Kier alpha value is -1.11. The van der Waals surface area contributed by atoms with Crippen molar-refractivity contribution in [2.24, 2.45) is 0 Å². The molecule has 1 aromatic rings. The van der Waals surface area contributed by atoms with Crippen molar-refractivity contribution in [1.82, 2.24) is 10.6 Å². The Kier molecular flexibility index (Phi) is 9.20. The van der Waals surface area contributed by atoms with Crippen LogP contribution in [0.3, 0.4) is 0 Å². The zero-order valence-electron chi connectivity index (χ0n) is 11.5. The van der Waals surface area contributed by atoms with Crippen LogP contribution < -0.4 is 16.0 Å². The average molecular weight is 365 g/mol. The zero-order chi connectivity index (χ0) is 14.3. The Labute approximate surface area is 133 Å². The summed E-state index contributed by atoms with van der Waals surface area (Å²) in [4.78, 5) is 23.0. The van der Waals surface area contributed by atoms with Gasteiger partial charge in [-0.15, -0.1) is 12.4 Å². The first-order valence-electron chi connectivity index (χ1n) is 6.00. The van der Waals surface area contributed by atoms with Gasteiger partial charge in [0.2, 0.25) is 11.8 Å². The van der Waals surface area contributed by atoms with E-state index in [1.54, 1.807) is 13.1 Å². The Balaban J connectivity index is 0.00000361. The fraction of sp³-hybridized carbons (Fsp3) is 0.385. The van der Waals surface area contributed by atoms with Crippen molar-refractivity contribution in [1.29, 1.82) is 0 Å². The summed E-state index contributed by atoms with van der Waals surface area (Å²) >= 11 is 3.39. The van der Waals surface area contributed by atoms with Crippen molar-refractivity contribution >= 4 is 45.8 Å². The second kappa shape index (κ2) is 9.74. The van der Waals surface area contributed by atoms with Crippen LogP contribution >= 0.6 is 28.3 Å². The number of hydrogen-bond donors (Lipinski definition) is 3. The topological polar surface area (TPSA) is 70.2 Å². The highest BCUT2D eigenvalue weighted by Gasteiger charge is 2.06. The lowest BCUT2D eigenvalue weighted by molar-refractivity contribution is -0.124. The molecule has 0 saturated heterocycles. The minimum absolute atomic E-state index is 0. The summed E-state index contributed by atoms with van der Waals surface area (Å²) in [6.07, 6.45) is 0.362. The molecule has 0 aliphatic rings. The molecule has 0 bridgehead atoms. The minimum atomic E-state index is -0.237. The van der Waals surface area contributed by atoms with E-state index in [0.29, 0.717) is 13.0 Å². The van der Waals surface area contributed by atoms with Gasteiger partial charge in [-0.05, 0) is 37.7 Å². The molecule has 0 saturated carbocycles. The van der Waals surface area contributed by atoms with Crippen LogP contribution in [0, 0.1) is 6.92 Å². The van der Waals surface area contributed by atoms with Crippen molar-refractivity contribution in [3.8, 4) is 0 Å². The summed E-state index contributed by atoms with van der Waals surface area (Å²) in [5.41, 5.74) is 1.76. The predicted octanol–water partition coefficient (Wildman–Crippen LogP) is 1.84. The van der Waals surface area contributed by atoms with Crippen LogP contribution in [0.4, 0.5) is 5.69 Å². The summed E-state index contributed by atoms with van der Waals surface area (Å²) in [5.74, 6) is -0.379. The van der Waals surface area contributed by atoms with Gasteiger partial charge in [-0.2, -0.15) is 0 Å². The number of carbonyl (C=O) groups is 2. The van der Waals surface area contributed by atoms with Crippen LogP contribution in [-0.2, 0) is 9.59 Å². The van der Waals surface area contributed by atoms with E-state index in [1.807, 2.05) is 19.1 Å². The molecule has 3 N–H and O–H groups in total. The molecule has 1 rings (SSSR count). The van der Waals surface area contributed by atoms with Crippen molar-refractivity contribution in [2.75, 3.05) is 25.5 Å². The Morgan fingerprint density at radius 3 is 2.55 bits per heavy atom. The maximum atomic E-state index is 11.6. The van der Waals surface area contributed by atoms with Crippen LogP contribution in [0.5, 0.6) is 0 Å².